The molecule has 0 saturated carbocycles. The molecule has 1 N–H and O–H groups in total. The molecular weight excluding hydrogens is 307 g/mol. The molecule has 0 radical (unpaired) electrons. The van der Waals surface area contributed by atoms with Gasteiger partial charge in [-0.25, -0.2) is 0 Å². The largest absolute Gasteiger partial charge is 0.340 e. The van der Waals surface area contributed by atoms with Crippen LogP contribution in [0, 0.1) is 0 Å². The van der Waals surface area contributed by atoms with Gasteiger partial charge in [0.1, 0.15) is 0 Å². The van der Waals surface area contributed by atoms with Crippen molar-refractivity contribution >= 4 is 40.7 Å². The third-order valence-corrected chi connectivity index (χ3v) is 4.40. The third kappa shape index (κ3) is 3.76. The Balaban J connectivity index is 1.98. The zero-order valence-electron chi connectivity index (χ0n) is 10.4. The molecule has 0 aromatic heterocycles. The Morgan fingerprint density at radius 2 is 1.79 bits per heavy atom. The van der Waals surface area contributed by atoms with Crippen LogP contribution in [0.15, 0.2) is 12.1 Å². The molecule has 1 aromatic carbocycles. The average Bonchev–Trinajstić information content (AvgIpc) is 2.44. The predicted molar refractivity (Wildman–Crippen MR) is 79.2 cm³/mol. The molecule has 1 saturated heterocycles. The molecule has 0 atom stereocenters. The molecule has 0 spiro atoms. The normalized spacial score (nSPS) is 15.6. The van der Waals surface area contributed by atoms with Crippen molar-refractivity contribution in [2.75, 3.05) is 26.2 Å². The van der Waals surface area contributed by atoms with Gasteiger partial charge >= 0.3 is 0 Å². The van der Waals surface area contributed by atoms with Gasteiger partial charge in [0.25, 0.3) is 0 Å². The Morgan fingerprint density at radius 3 is 2.47 bits per heavy atom. The minimum atomic E-state index is 0.133. The molecule has 0 bridgehead atoms. The number of carbonyl (C=O) groups excluding carboxylic acids is 1. The molecule has 1 amide bonds. The fraction of sp³-hybridized carbons (Fsp3) is 0.462. The maximum atomic E-state index is 12.1. The molecule has 1 heterocycles. The number of amides is 1. The maximum Gasteiger partial charge on any atom is 0.222 e. The summed E-state index contributed by atoms with van der Waals surface area (Å²) in [6.45, 7) is 3.22. The number of rotatable bonds is 3. The molecule has 104 valence electrons. The van der Waals surface area contributed by atoms with E-state index in [1.807, 2.05) is 4.90 Å². The molecule has 1 aliphatic rings. The number of hydrogen-bond acceptors (Lipinski definition) is 2. The Bertz CT molecular complexity index is 473. The van der Waals surface area contributed by atoms with E-state index in [0.29, 0.717) is 27.9 Å². The second-order valence-electron chi connectivity index (χ2n) is 4.45. The van der Waals surface area contributed by atoms with E-state index in [9.17, 15) is 4.79 Å². The highest BCUT2D eigenvalue weighted by molar-refractivity contribution is 6.44. The summed E-state index contributed by atoms with van der Waals surface area (Å²) in [5.41, 5.74) is 0.749. The van der Waals surface area contributed by atoms with E-state index in [-0.39, 0.29) is 5.91 Å². The number of piperazine rings is 1. The minimum Gasteiger partial charge on any atom is -0.340 e. The summed E-state index contributed by atoms with van der Waals surface area (Å²) in [4.78, 5) is 13.9. The highest BCUT2D eigenvalue weighted by atomic mass is 35.5. The van der Waals surface area contributed by atoms with Gasteiger partial charge in [0.2, 0.25) is 5.91 Å². The highest BCUT2D eigenvalue weighted by Crippen LogP contribution is 2.32. The van der Waals surface area contributed by atoms with Crippen LogP contribution >= 0.6 is 34.8 Å². The van der Waals surface area contributed by atoms with Crippen molar-refractivity contribution in [2.45, 2.75) is 12.8 Å². The van der Waals surface area contributed by atoms with Crippen molar-refractivity contribution in [2.24, 2.45) is 0 Å². The molecule has 2 rings (SSSR count). The van der Waals surface area contributed by atoms with Gasteiger partial charge < -0.3 is 10.2 Å². The van der Waals surface area contributed by atoms with Crippen LogP contribution in [-0.4, -0.2) is 37.0 Å². The van der Waals surface area contributed by atoms with Crippen LogP contribution in [0.25, 0.3) is 0 Å². The van der Waals surface area contributed by atoms with Gasteiger partial charge in [-0.1, -0.05) is 34.8 Å². The molecular formula is C13H15Cl3N2O. The Kier molecular flexibility index (Phi) is 5.34. The highest BCUT2D eigenvalue weighted by Gasteiger charge is 2.17. The predicted octanol–water partition coefficient (Wildman–Crippen LogP) is 3.01. The number of benzene rings is 1. The quantitative estimate of drug-likeness (QED) is 0.868. The summed E-state index contributed by atoms with van der Waals surface area (Å²) in [6, 6.07) is 3.37. The van der Waals surface area contributed by atoms with Crippen molar-refractivity contribution in [1.29, 1.82) is 0 Å². The first-order chi connectivity index (χ1) is 9.09. The van der Waals surface area contributed by atoms with Crippen LogP contribution < -0.4 is 5.32 Å². The van der Waals surface area contributed by atoms with E-state index in [1.54, 1.807) is 12.1 Å². The van der Waals surface area contributed by atoms with Crippen LogP contribution in [0.1, 0.15) is 12.0 Å². The topological polar surface area (TPSA) is 32.3 Å². The number of nitrogens with zero attached hydrogens (tertiary/aromatic N) is 1. The SMILES string of the molecule is O=C(CCc1c(Cl)ccc(Cl)c1Cl)N1CCNCC1. The fourth-order valence-electron chi connectivity index (χ4n) is 2.10. The van der Waals surface area contributed by atoms with Gasteiger partial charge in [0.05, 0.1) is 10.0 Å². The molecule has 0 aliphatic carbocycles. The van der Waals surface area contributed by atoms with Crippen molar-refractivity contribution in [1.82, 2.24) is 10.2 Å². The molecule has 0 unspecified atom stereocenters. The summed E-state index contributed by atoms with van der Waals surface area (Å²) in [5, 5.41) is 4.69. The van der Waals surface area contributed by atoms with Gasteiger partial charge in [-0.3, -0.25) is 4.79 Å². The van der Waals surface area contributed by atoms with Crippen LogP contribution in [0.3, 0.4) is 0 Å². The summed E-state index contributed by atoms with van der Waals surface area (Å²) in [5.74, 6) is 0.133. The zero-order chi connectivity index (χ0) is 13.8. The third-order valence-electron chi connectivity index (χ3n) is 3.20. The second-order valence-corrected chi connectivity index (χ2v) is 5.64. The Labute approximate surface area is 127 Å². The Hall–Kier alpha value is -0.480. The summed E-state index contributed by atoms with van der Waals surface area (Å²) >= 11 is 18.2. The van der Waals surface area contributed by atoms with Gasteiger partial charge in [0, 0.05) is 37.6 Å². The van der Waals surface area contributed by atoms with Crippen LogP contribution in [0.4, 0.5) is 0 Å². The minimum absolute atomic E-state index is 0.133. The first-order valence-corrected chi connectivity index (χ1v) is 7.34. The smallest absolute Gasteiger partial charge is 0.222 e. The van der Waals surface area contributed by atoms with Crippen molar-refractivity contribution < 1.29 is 4.79 Å². The van der Waals surface area contributed by atoms with Gasteiger partial charge in [-0.2, -0.15) is 0 Å². The van der Waals surface area contributed by atoms with E-state index >= 15 is 0 Å². The fourth-order valence-corrected chi connectivity index (χ4v) is 2.84. The van der Waals surface area contributed by atoms with Crippen LogP contribution in [-0.2, 0) is 11.2 Å². The molecule has 6 heteroatoms. The van der Waals surface area contributed by atoms with E-state index in [4.69, 9.17) is 34.8 Å². The van der Waals surface area contributed by atoms with Crippen LogP contribution in [0.2, 0.25) is 15.1 Å². The second kappa shape index (κ2) is 6.80. The summed E-state index contributed by atoms with van der Waals surface area (Å²) in [7, 11) is 0. The molecule has 1 aliphatic heterocycles. The zero-order valence-corrected chi connectivity index (χ0v) is 12.7. The number of nitrogens with one attached hydrogen (secondary N) is 1. The van der Waals surface area contributed by atoms with Gasteiger partial charge in [0.15, 0.2) is 0 Å². The van der Waals surface area contributed by atoms with Crippen molar-refractivity contribution in [3.8, 4) is 0 Å². The monoisotopic (exact) mass is 320 g/mol. The Morgan fingerprint density at radius 1 is 1.16 bits per heavy atom. The maximum absolute atomic E-state index is 12.1. The average molecular weight is 322 g/mol. The lowest BCUT2D eigenvalue weighted by Gasteiger charge is -2.27. The molecule has 19 heavy (non-hydrogen) atoms. The summed E-state index contributed by atoms with van der Waals surface area (Å²) in [6.07, 6.45) is 0.917. The number of carbonyl (C=O) groups is 1. The van der Waals surface area contributed by atoms with E-state index in [0.717, 1.165) is 31.7 Å². The number of halogens is 3. The molecule has 1 fully saturated rings. The lowest BCUT2D eigenvalue weighted by atomic mass is 10.1. The van der Waals surface area contributed by atoms with E-state index < -0.39 is 0 Å². The lowest BCUT2D eigenvalue weighted by Crippen LogP contribution is -2.46. The lowest BCUT2D eigenvalue weighted by molar-refractivity contribution is -0.131. The molecule has 3 nitrogen and oxygen atoms in total. The first kappa shape index (κ1) is 14.9. The first-order valence-electron chi connectivity index (χ1n) is 6.20. The van der Waals surface area contributed by atoms with Gasteiger partial charge in [-0.05, 0) is 24.1 Å². The number of hydrogen-bond donors (Lipinski definition) is 1. The van der Waals surface area contributed by atoms with Gasteiger partial charge in [-0.15, -0.1) is 0 Å². The van der Waals surface area contributed by atoms with Crippen LogP contribution in [0.5, 0.6) is 0 Å². The van der Waals surface area contributed by atoms with E-state index in [1.165, 1.54) is 0 Å². The van der Waals surface area contributed by atoms with Crippen molar-refractivity contribution in [3.05, 3.63) is 32.8 Å². The molecule has 1 aromatic rings. The van der Waals surface area contributed by atoms with E-state index in [2.05, 4.69) is 5.32 Å². The van der Waals surface area contributed by atoms with Crippen molar-refractivity contribution in [3.63, 3.8) is 0 Å². The summed E-state index contributed by atoms with van der Waals surface area (Å²) < 4.78 is 0. The standard InChI is InChI=1S/C13H15Cl3N2O/c14-10-2-3-11(15)13(16)9(10)1-4-12(19)18-7-5-17-6-8-18/h2-3,17H,1,4-8H2.